The average molecular weight is 461 g/mol. The first-order chi connectivity index (χ1) is 15.9. The highest BCUT2D eigenvalue weighted by Gasteiger charge is 2.14. The summed E-state index contributed by atoms with van der Waals surface area (Å²) in [6.45, 7) is 6.23. The van der Waals surface area contributed by atoms with Crippen molar-refractivity contribution in [2.45, 2.75) is 39.1 Å². The van der Waals surface area contributed by atoms with Crippen LogP contribution in [0.5, 0.6) is 5.75 Å². The Bertz CT molecular complexity index is 854. The molecule has 180 valence electrons. The van der Waals surface area contributed by atoms with Gasteiger partial charge in [-0.25, -0.2) is 9.59 Å². The fourth-order valence-electron chi connectivity index (χ4n) is 2.76. The summed E-state index contributed by atoms with van der Waals surface area (Å²) in [7, 11) is 1.55. The molecule has 0 radical (unpaired) electrons. The minimum Gasteiger partial charge on any atom is -0.468 e. The van der Waals surface area contributed by atoms with E-state index in [0.717, 1.165) is 0 Å². The molecule has 0 heterocycles. The predicted octanol–water partition coefficient (Wildman–Crippen LogP) is 3.88. The monoisotopic (exact) mass is 460 g/mol. The maximum absolute atomic E-state index is 12.2. The van der Waals surface area contributed by atoms with Crippen LogP contribution < -0.4 is 4.74 Å². The molecule has 0 aliphatic carbocycles. The number of esters is 2. The second-order valence-corrected chi connectivity index (χ2v) is 7.56. The van der Waals surface area contributed by atoms with Crippen LogP contribution in [0.15, 0.2) is 54.6 Å². The molecule has 0 N–H and O–H groups in total. The number of benzene rings is 2. The van der Waals surface area contributed by atoms with E-state index in [-0.39, 0.29) is 31.6 Å². The number of hydrogen-bond acceptors (Lipinski definition) is 8. The standard InChI is InChI=1S/C25H32O8/c1-18(15-29-16-20(3)33-24(26)21-9-6-5-7-10-21)30-17-31-23-12-8-11-22(13-23)25(27)32-19(2)14-28-4/h5-13,18-20H,14-17H2,1-4H3. The number of rotatable bonds is 14. The second-order valence-electron chi connectivity index (χ2n) is 7.56. The molecule has 0 saturated carbocycles. The Morgan fingerprint density at radius 2 is 1.36 bits per heavy atom. The van der Waals surface area contributed by atoms with Crippen LogP contribution >= 0.6 is 0 Å². The van der Waals surface area contributed by atoms with Crippen LogP contribution in [0, 0.1) is 0 Å². The normalized spacial score (nSPS) is 13.6. The Labute approximate surface area is 194 Å². The minimum absolute atomic E-state index is 0.0123. The van der Waals surface area contributed by atoms with E-state index in [1.54, 1.807) is 69.5 Å². The van der Waals surface area contributed by atoms with Crippen molar-refractivity contribution in [3.63, 3.8) is 0 Å². The largest absolute Gasteiger partial charge is 0.468 e. The fourth-order valence-corrected chi connectivity index (χ4v) is 2.76. The van der Waals surface area contributed by atoms with E-state index in [4.69, 9.17) is 28.4 Å². The van der Waals surface area contributed by atoms with Crippen LogP contribution in [0.4, 0.5) is 0 Å². The van der Waals surface area contributed by atoms with Crippen molar-refractivity contribution >= 4 is 11.9 Å². The molecule has 8 nitrogen and oxygen atoms in total. The number of methoxy groups -OCH3 is 1. The molecule has 3 unspecified atom stereocenters. The number of carbonyl (C=O) groups excluding carboxylic acids is 2. The third kappa shape index (κ3) is 10.0. The number of ether oxygens (including phenoxy) is 6. The Balaban J connectivity index is 1.65. The van der Waals surface area contributed by atoms with E-state index in [2.05, 4.69) is 0 Å². The fraction of sp³-hybridized carbons (Fsp3) is 0.440. The Morgan fingerprint density at radius 3 is 2.06 bits per heavy atom. The van der Waals surface area contributed by atoms with Crippen LogP contribution in [0.1, 0.15) is 41.5 Å². The molecule has 0 aliphatic heterocycles. The van der Waals surface area contributed by atoms with Gasteiger partial charge in [-0.2, -0.15) is 0 Å². The van der Waals surface area contributed by atoms with Gasteiger partial charge in [0.1, 0.15) is 18.0 Å². The van der Waals surface area contributed by atoms with Crippen LogP contribution in [-0.4, -0.2) is 64.0 Å². The Hall–Kier alpha value is -2.94. The number of carbonyl (C=O) groups is 2. The minimum atomic E-state index is -0.449. The van der Waals surface area contributed by atoms with E-state index in [9.17, 15) is 9.59 Å². The summed E-state index contributed by atoms with van der Waals surface area (Å²) in [5.74, 6) is -0.350. The van der Waals surface area contributed by atoms with Crippen molar-refractivity contribution in [1.82, 2.24) is 0 Å². The second kappa shape index (κ2) is 14.3. The summed E-state index contributed by atoms with van der Waals surface area (Å²) in [6.07, 6.45) is -0.985. The van der Waals surface area contributed by atoms with Crippen LogP contribution in [0.25, 0.3) is 0 Å². The van der Waals surface area contributed by atoms with Gasteiger partial charge < -0.3 is 28.4 Å². The first-order valence-electron chi connectivity index (χ1n) is 10.8. The highest BCUT2D eigenvalue weighted by molar-refractivity contribution is 5.90. The van der Waals surface area contributed by atoms with Gasteiger partial charge in [0.2, 0.25) is 0 Å². The van der Waals surface area contributed by atoms with Gasteiger partial charge in [-0.15, -0.1) is 0 Å². The van der Waals surface area contributed by atoms with Gasteiger partial charge in [0.05, 0.1) is 37.1 Å². The first-order valence-corrected chi connectivity index (χ1v) is 10.8. The molecule has 0 saturated heterocycles. The molecule has 2 rings (SSSR count). The molecule has 3 atom stereocenters. The van der Waals surface area contributed by atoms with E-state index in [1.165, 1.54) is 0 Å². The van der Waals surface area contributed by atoms with Crippen molar-refractivity contribution in [2.75, 3.05) is 33.7 Å². The summed E-state index contributed by atoms with van der Waals surface area (Å²) < 4.78 is 32.3. The first kappa shape index (κ1) is 26.3. The lowest BCUT2D eigenvalue weighted by Crippen LogP contribution is -2.25. The molecule has 2 aromatic carbocycles. The zero-order valence-electron chi connectivity index (χ0n) is 19.5. The molecule has 0 aliphatic rings. The number of hydrogen-bond donors (Lipinski definition) is 0. The summed E-state index contributed by atoms with van der Waals surface area (Å²) in [4.78, 5) is 24.2. The zero-order valence-corrected chi connectivity index (χ0v) is 19.5. The predicted molar refractivity (Wildman–Crippen MR) is 121 cm³/mol. The van der Waals surface area contributed by atoms with Crippen molar-refractivity contribution in [1.29, 1.82) is 0 Å². The molecular formula is C25H32O8. The maximum Gasteiger partial charge on any atom is 0.338 e. The van der Waals surface area contributed by atoms with Gasteiger partial charge in [0, 0.05) is 7.11 Å². The van der Waals surface area contributed by atoms with Gasteiger partial charge >= 0.3 is 11.9 Å². The Kier molecular flexibility index (Phi) is 11.4. The van der Waals surface area contributed by atoms with Crippen molar-refractivity contribution in [2.24, 2.45) is 0 Å². The van der Waals surface area contributed by atoms with Gasteiger partial charge in [-0.1, -0.05) is 24.3 Å². The summed E-state index contributed by atoms with van der Waals surface area (Å²) in [6, 6.07) is 15.5. The molecular weight excluding hydrogens is 428 g/mol. The molecule has 8 heteroatoms. The maximum atomic E-state index is 12.2. The van der Waals surface area contributed by atoms with Crippen molar-refractivity contribution < 1.29 is 38.0 Å². The van der Waals surface area contributed by atoms with Gasteiger partial charge in [-0.3, -0.25) is 0 Å². The molecule has 0 aromatic heterocycles. The molecule has 0 spiro atoms. The highest BCUT2D eigenvalue weighted by Crippen LogP contribution is 2.15. The van der Waals surface area contributed by atoms with Crippen LogP contribution in [0.3, 0.4) is 0 Å². The lowest BCUT2D eigenvalue weighted by atomic mass is 10.2. The van der Waals surface area contributed by atoms with Gasteiger partial charge in [-0.05, 0) is 51.1 Å². The topological polar surface area (TPSA) is 89.5 Å². The van der Waals surface area contributed by atoms with Gasteiger partial charge in [0.15, 0.2) is 6.79 Å². The van der Waals surface area contributed by atoms with E-state index in [0.29, 0.717) is 30.1 Å². The third-order valence-corrected chi connectivity index (χ3v) is 4.38. The zero-order chi connectivity index (χ0) is 24.1. The van der Waals surface area contributed by atoms with Crippen LogP contribution in [0.2, 0.25) is 0 Å². The summed E-state index contributed by atoms with van der Waals surface area (Å²) >= 11 is 0. The molecule has 0 bridgehead atoms. The molecule has 33 heavy (non-hydrogen) atoms. The SMILES string of the molecule is COCC(C)OC(=O)c1cccc(OCOC(C)COCC(C)OC(=O)c2ccccc2)c1. The smallest absolute Gasteiger partial charge is 0.338 e. The van der Waals surface area contributed by atoms with Crippen LogP contribution in [-0.2, 0) is 23.7 Å². The lowest BCUT2D eigenvalue weighted by Gasteiger charge is -2.17. The highest BCUT2D eigenvalue weighted by atomic mass is 16.7. The molecule has 0 fully saturated rings. The van der Waals surface area contributed by atoms with E-state index >= 15 is 0 Å². The molecule has 2 aromatic rings. The lowest BCUT2D eigenvalue weighted by molar-refractivity contribution is -0.0734. The quantitative estimate of drug-likeness (QED) is 0.310. The van der Waals surface area contributed by atoms with Gasteiger partial charge in [0.25, 0.3) is 0 Å². The summed E-state index contributed by atoms with van der Waals surface area (Å²) in [5, 5.41) is 0. The van der Waals surface area contributed by atoms with E-state index < -0.39 is 12.1 Å². The average Bonchev–Trinajstić information content (AvgIpc) is 2.80. The van der Waals surface area contributed by atoms with Crippen molar-refractivity contribution in [3.8, 4) is 5.75 Å². The summed E-state index contributed by atoms with van der Waals surface area (Å²) in [5.41, 5.74) is 0.880. The molecule has 0 amide bonds. The van der Waals surface area contributed by atoms with Crippen molar-refractivity contribution in [3.05, 3.63) is 65.7 Å². The van der Waals surface area contributed by atoms with E-state index in [1.807, 2.05) is 13.0 Å². The Morgan fingerprint density at radius 1 is 0.758 bits per heavy atom. The third-order valence-electron chi connectivity index (χ3n) is 4.38.